The second-order valence-electron chi connectivity index (χ2n) is 8.80. The van der Waals surface area contributed by atoms with Crippen LogP contribution in [0.25, 0.3) is 0 Å². The molecule has 3 aromatic rings. The molecule has 1 unspecified atom stereocenters. The van der Waals surface area contributed by atoms with Crippen LogP contribution in [0, 0.1) is 0 Å². The van der Waals surface area contributed by atoms with Gasteiger partial charge in [0, 0.05) is 25.3 Å². The van der Waals surface area contributed by atoms with E-state index in [1.807, 2.05) is 48.5 Å². The second kappa shape index (κ2) is 9.28. The van der Waals surface area contributed by atoms with Crippen LogP contribution in [0.3, 0.4) is 0 Å². The van der Waals surface area contributed by atoms with Crippen LogP contribution in [-0.2, 0) is 38.9 Å². The van der Waals surface area contributed by atoms with Crippen molar-refractivity contribution in [1.82, 2.24) is 4.31 Å². The molecule has 2 aliphatic heterocycles. The summed E-state index contributed by atoms with van der Waals surface area (Å²) >= 11 is 0. The number of carbonyl (C=O) groups excluding carboxylic acids is 2. The van der Waals surface area contributed by atoms with E-state index in [4.69, 9.17) is 4.74 Å². The van der Waals surface area contributed by atoms with Crippen molar-refractivity contribution >= 4 is 27.6 Å². The molecule has 1 amide bonds. The van der Waals surface area contributed by atoms with E-state index in [9.17, 15) is 18.0 Å². The minimum absolute atomic E-state index is 0.117. The van der Waals surface area contributed by atoms with Crippen molar-refractivity contribution < 1.29 is 22.7 Å². The van der Waals surface area contributed by atoms with Crippen LogP contribution in [-0.4, -0.2) is 43.8 Å². The Morgan fingerprint density at radius 3 is 2.20 bits per heavy atom. The molecule has 0 aliphatic carbocycles. The molecule has 0 radical (unpaired) electrons. The summed E-state index contributed by atoms with van der Waals surface area (Å²) in [4.78, 5) is 27.3. The van der Waals surface area contributed by atoms with Crippen molar-refractivity contribution in [2.75, 3.05) is 18.0 Å². The first-order valence-corrected chi connectivity index (χ1v) is 13.1. The minimum atomic E-state index is -3.70. The van der Waals surface area contributed by atoms with Crippen LogP contribution in [0.1, 0.15) is 34.0 Å². The Labute approximate surface area is 205 Å². The van der Waals surface area contributed by atoms with Crippen LogP contribution in [0.5, 0.6) is 0 Å². The zero-order valence-corrected chi connectivity index (χ0v) is 20.2. The van der Waals surface area contributed by atoms with Crippen molar-refractivity contribution in [2.45, 2.75) is 37.3 Å². The number of fused-ring (bicyclic) bond motifs is 2. The summed E-state index contributed by atoms with van der Waals surface area (Å²) < 4.78 is 33.2. The Balaban J connectivity index is 1.25. The number of anilines is 1. The lowest BCUT2D eigenvalue weighted by atomic mass is 10.0. The number of hydrogen-bond acceptors (Lipinski definition) is 5. The number of benzene rings is 3. The largest absolute Gasteiger partial charge is 0.449 e. The summed E-state index contributed by atoms with van der Waals surface area (Å²) in [5, 5.41) is 0. The molecule has 0 fully saturated rings. The molecule has 7 nitrogen and oxygen atoms in total. The maximum atomic E-state index is 13.2. The molecule has 35 heavy (non-hydrogen) atoms. The Bertz CT molecular complexity index is 1380. The first-order valence-electron chi connectivity index (χ1n) is 11.6. The molecule has 2 heterocycles. The number of hydrogen-bond donors (Lipinski definition) is 0. The fourth-order valence-electron chi connectivity index (χ4n) is 4.65. The molecule has 3 aromatic carbocycles. The highest BCUT2D eigenvalue weighted by atomic mass is 32.2. The lowest BCUT2D eigenvalue weighted by Gasteiger charge is -2.28. The Morgan fingerprint density at radius 2 is 1.46 bits per heavy atom. The fraction of sp³-hybridized carbons (Fsp3) is 0.259. The third-order valence-electron chi connectivity index (χ3n) is 6.61. The highest BCUT2D eigenvalue weighted by Crippen LogP contribution is 2.29. The molecule has 180 valence electrons. The highest BCUT2D eigenvalue weighted by molar-refractivity contribution is 7.89. The van der Waals surface area contributed by atoms with Crippen LogP contribution in [0.15, 0.2) is 77.7 Å². The predicted molar refractivity (Wildman–Crippen MR) is 132 cm³/mol. The summed E-state index contributed by atoms with van der Waals surface area (Å²) in [6.45, 7) is 2.83. The molecule has 1 atom stereocenters. The summed E-state index contributed by atoms with van der Waals surface area (Å²) in [6.07, 6.45) is 0.458. The lowest BCUT2D eigenvalue weighted by Crippen LogP contribution is -2.39. The number of nitrogens with zero attached hydrogens (tertiary/aromatic N) is 2. The molecule has 0 aromatic heterocycles. The van der Waals surface area contributed by atoms with E-state index >= 15 is 0 Å². The van der Waals surface area contributed by atoms with Crippen LogP contribution in [0.2, 0.25) is 0 Å². The average Bonchev–Trinajstić information content (AvgIpc) is 3.32. The van der Waals surface area contributed by atoms with Gasteiger partial charge < -0.3 is 9.64 Å². The fourth-order valence-corrected chi connectivity index (χ4v) is 6.07. The van der Waals surface area contributed by atoms with Crippen LogP contribution >= 0.6 is 0 Å². The first kappa shape index (κ1) is 23.3. The normalized spacial score (nSPS) is 16.3. The van der Waals surface area contributed by atoms with E-state index in [-0.39, 0.29) is 16.4 Å². The Hall–Kier alpha value is -3.49. The topological polar surface area (TPSA) is 84.0 Å². The molecule has 2 aliphatic rings. The lowest BCUT2D eigenvalue weighted by molar-refractivity contribution is -0.126. The van der Waals surface area contributed by atoms with Gasteiger partial charge in [-0.05, 0) is 66.8 Å². The van der Waals surface area contributed by atoms with E-state index < -0.39 is 22.1 Å². The van der Waals surface area contributed by atoms with Gasteiger partial charge in [-0.1, -0.05) is 42.5 Å². The maximum absolute atomic E-state index is 13.2. The molecule has 0 N–H and O–H groups in total. The number of carbonyl (C=O) groups is 2. The van der Waals surface area contributed by atoms with Crippen LogP contribution in [0.4, 0.5) is 5.69 Å². The number of para-hydroxylation sites is 1. The number of amides is 1. The zero-order valence-electron chi connectivity index (χ0n) is 19.4. The number of ether oxygens (including phenoxy) is 1. The average molecular weight is 491 g/mol. The van der Waals surface area contributed by atoms with Gasteiger partial charge in [0.1, 0.15) is 0 Å². The van der Waals surface area contributed by atoms with Crippen molar-refractivity contribution in [3.05, 3.63) is 95.1 Å². The highest BCUT2D eigenvalue weighted by Gasteiger charge is 2.31. The summed E-state index contributed by atoms with van der Waals surface area (Å²) in [6, 6.07) is 21.2. The van der Waals surface area contributed by atoms with E-state index in [2.05, 4.69) is 0 Å². The molecule has 0 bridgehead atoms. The van der Waals surface area contributed by atoms with Crippen molar-refractivity contribution in [1.29, 1.82) is 0 Å². The quantitative estimate of drug-likeness (QED) is 0.511. The van der Waals surface area contributed by atoms with E-state index in [0.29, 0.717) is 26.1 Å². The van der Waals surface area contributed by atoms with Crippen molar-refractivity contribution in [3.8, 4) is 0 Å². The monoisotopic (exact) mass is 490 g/mol. The third kappa shape index (κ3) is 4.47. The van der Waals surface area contributed by atoms with E-state index in [1.165, 1.54) is 28.6 Å². The summed E-state index contributed by atoms with van der Waals surface area (Å²) in [5.41, 5.74) is 4.29. The second-order valence-corrected chi connectivity index (χ2v) is 10.7. The molecule has 0 spiro atoms. The molecular formula is C27H26N2O5S. The van der Waals surface area contributed by atoms with E-state index in [1.54, 1.807) is 11.8 Å². The Morgan fingerprint density at radius 1 is 0.829 bits per heavy atom. The van der Waals surface area contributed by atoms with Gasteiger partial charge in [0.2, 0.25) is 10.0 Å². The van der Waals surface area contributed by atoms with Gasteiger partial charge in [0.05, 0.1) is 10.5 Å². The molecule has 5 rings (SSSR count). The molecule has 0 saturated carbocycles. The molecule has 0 saturated heterocycles. The number of rotatable bonds is 5. The summed E-state index contributed by atoms with van der Waals surface area (Å²) in [5.74, 6) is -0.956. The first-order chi connectivity index (χ1) is 16.8. The van der Waals surface area contributed by atoms with Crippen LogP contribution < -0.4 is 4.90 Å². The van der Waals surface area contributed by atoms with Gasteiger partial charge in [-0.15, -0.1) is 0 Å². The van der Waals surface area contributed by atoms with Crippen molar-refractivity contribution in [2.24, 2.45) is 0 Å². The SMILES string of the molecule is CC(OC(=O)c1ccc(S(=O)(=O)N2CCc3ccccc3C2)cc1)C(=O)N1CCc2ccccc21. The predicted octanol–water partition coefficient (Wildman–Crippen LogP) is 3.57. The van der Waals surface area contributed by atoms with Gasteiger partial charge in [0.15, 0.2) is 6.10 Å². The molecular weight excluding hydrogens is 464 g/mol. The third-order valence-corrected chi connectivity index (χ3v) is 8.47. The van der Waals surface area contributed by atoms with Gasteiger partial charge in [-0.25, -0.2) is 13.2 Å². The standard InChI is InChI=1S/C27H26N2O5S/c1-19(26(30)29-17-15-21-7-4-5-9-25(21)29)34-27(31)22-10-12-24(13-11-22)35(32,33)28-16-14-20-6-2-3-8-23(20)18-28/h2-13,19H,14-18H2,1H3. The number of esters is 1. The van der Waals surface area contributed by atoms with Gasteiger partial charge in [-0.2, -0.15) is 4.31 Å². The van der Waals surface area contributed by atoms with Gasteiger partial charge in [0.25, 0.3) is 5.91 Å². The zero-order chi connectivity index (χ0) is 24.6. The minimum Gasteiger partial charge on any atom is -0.449 e. The summed E-state index contributed by atoms with van der Waals surface area (Å²) in [7, 11) is -3.70. The van der Waals surface area contributed by atoms with Gasteiger partial charge >= 0.3 is 5.97 Å². The Kier molecular flexibility index (Phi) is 6.17. The van der Waals surface area contributed by atoms with Crippen molar-refractivity contribution in [3.63, 3.8) is 0 Å². The molecule has 8 heteroatoms. The maximum Gasteiger partial charge on any atom is 0.338 e. The van der Waals surface area contributed by atoms with E-state index in [0.717, 1.165) is 28.8 Å². The van der Waals surface area contributed by atoms with Gasteiger partial charge in [-0.3, -0.25) is 4.79 Å². The smallest absolute Gasteiger partial charge is 0.338 e. The number of sulfonamides is 1.